The maximum Gasteiger partial charge on any atom is 0.307 e. The first-order valence-electron chi connectivity index (χ1n) is 10.5. The molecule has 0 spiro atoms. The summed E-state index contributed by atoms with van der Waals surface area (Å²) in [5.41, 5.74) is 4.10. The van der Waals surface area contributed by atoms with Gasteiger partial charge in [0.05, 0.1) is 13.5 Å². The lowest BCUT2D eigenvalue weighted by atomic mass is 9.89. The third-order valence-electron chi connectivity index (χ3n) is 5.68. The van der Waals surface area contributed by atoms with Gasteiger partial charge in [0.25, 0.3) is 0 Å². The Bertz CT molecular complexity index is 1220. The van der Waals surface area contributed by atoms with Gasteiger partial charge in [-0.05, 0) is 64.6 Å². The Morgan fingerprint density at radius 1 is 1.18 bits per heavy atom. The molecule has 7 heteroatoms. The minimum atomic E-state index is -0.940. The molecule has 0 unspecified atom stereocenters. The van der Waals surface area contributed by atoms with Gasteiger partial charge in [0.1, 0.15) is 11.6 Å². The van der Waals surface area contributed by atoms with Crippen molar-refractivity contribution in [2.75, 3.05) is 13.7 Å². The van der Waals surface area contributed by atoms with Crippen LogP contribution >= 0.6 is 0 Å². The Labute approximate surface area is 191 Å². The highest BCUT2D eigenvalue weighted by Crippen LogP contribution is 2.37. The van der Waals surface area contributed by atoms with Crippen LogP contribution in [0.4, 0.5) is 4.39 Å². The van der Waals surface area contributed by atoms with Gasteiger partial charge in [-0.2, -0.15) is 0 Å². The number of ether oxygens (including phenoxy) is 1. The molecule has 0 radical (unpaired) electrons. The van der Waals surface area contributed by atoms with Crippen LogP contribution in [0.3, 0.4) is 0 Å². The number of benzene rings is 2. The number of carboxylic acid groups (broad SMARTS) is 1. The number of amides is 1. The van der Waals surface area contributed by atoms with E-state index in [1.54, 1.807) is 53.7 Å². The third-order valence-corrected chi connectivity index (χ3v) is 5.68. The molecule has 3 aromatic rings. The zero-order valence-electron chi connectivity index (χ0n) is 18.1. The normalized spacial score (nSPS) is 13.1. The average Bonchev–Trinajstić information content (AvgIpc) is 2.83. The fraction of sp³-hybridized carbons (Fsp3) is 0.192. The standard InChI is InChI=1S/C26H23FN2O4/c1-33-24-8-4-18(14-26(31)32)13-21(24)19-6-7-23(27)20-10-12-29(16-22(19)20)25(30)9-5-17-3-2-11-28-15-17/h2-9,11,13,15H,10,12,14,16H2,1H3,(H,31,32)/b9-5+. The summed E-state index contributed by atoms with van der Waals surface area (Å²) < 4.78 is 20.2. The molecule has 1 N–H and O–H groups in total. The van der Waals surface area contributed by atoms with Gasteiger partial charge in [-0.15, -0.1) is 0 Å². The van der Waals surface area contributed by atoms with E-state index in [4.69, 9.17) is 4.74 Å². The van der Waals surface area contributed by atoms with Crippen molar-refractivity contribution < 1.29 is 23.8 Å². The quantitative estimate of drug-likeness (QED) is 0.576. The van der Waals surface area contributed by atoms with Crippen molar-refractivity contribution in [3.05, 3.63) is 89.0 Å². The number of hydrogen-bond acceptors (Lipinski definition) is 4. The summed E-state index contributed by atoms with van der Waals surface area (Å²) in [6.07, 6.45) is 6.78. The Morgan fingerprint density at radius 3 is 2.76 bits per heavy atom. The summed E-state index contributed by atoms with van der Waals surface area (Å²) in [6.45, 7) is 0.644. The summed E-state index contributed by atoms with van der Waals surface area (Å²) in [5.74, 6) is -0.874. The highest BCUT2D eigenvalue weighted by molar-refractivity contribution is 5.92. The molecule has 2 heterocycles. The molecular weight excluding hydrogens is 423 g/mol. The lowest BCUT2D eigenvalue weighted by molar-refractivity contribution is -0.136. The van der Waals surface area contributed by atoms with Crippen molar-refractivity contribution in [3.8, 4) is 16.9 Å². The maximum absolute atomic E-state index is 14.7. The smallest absolute Gasteiger partial charge is 0.307 e. The number of hydrogen-bond donors (Lipinski definition) is 1. The summed E-state index contributed by atoms with van der Waals surface area (Å²) in [5, 5.41) is 9.18. The first-order valence-corrected chi connectivity index (χ1v) is 10.5. The number of methoxy groups -OCH3 is 1. The zero-order valence-corrected chi connectivity index (χ0v) is 18.1. The first kappa shape index (κ1) is 22.2. The number of fused-ring (bicyclic) bond motifs is 1. The number of halogens is 1. The molecule has 0 bridgehead atoms. The molecule has 4 rings (SSSR count). The van der Waals surface area contributed by atoms with Crippen molar-refractivity contribution in [1.29, 1.82) is 0 Å². The molecule has 1 amide bonds. The molecule has 0 aliphatic carbocycles. The van der Waals surface area contributed by atoms with Gasteiger partial charge in [-0.25, -0.2) is 4.39 Å². The molecule has 0 saturated heterocycles. The van der Waals surface area contributed by atoms with Crippen LogP contribution in [0.1, 0.15) is 22.3 Å². The van der Waals surface area contributed by atoms with Crippen molar-refractivity contribution in [3.63, 3.8) is 0 Å². The average molecular weight is 446 g/mol. The third kappa shape index (κ3) is 4.92. The molecule has 0 fully saturated rings. The molecule has 33 heavy (non-hydrogen) atoms. The van der Waals surface area contributed by atoms with E-state index in [2.05, 4.69) is 4.98 Å². The number of aromatic nitrogens is 1. The number of rotatable bonds is 6. The van der Waals surface area contributed by atoms with Crippen molar-refractivity contribution in [2.45, 2.75) is 19.4 Å². The van der Waals surface area contributed by atoms with Crippen LogP contribution in [0.15, 0.2) is 60.9 Å². The predicted octanol–water partition coefficient (Wildman–Crippen LogP) is 4.12. The lowest BCUT2D eigenvalue weighted by Crippen LogP contribution is -2.35. The number of aliphatic carboxylic acids is 1. The van der Waals surface area contributed by atoms with Gasteiger partial charge >= 0.3 is 5.97 Å². The number of carbonyl (C=O) groups excluding carboxylic acids is 1. The zero-order chi connectivity index (χ0) is 23.4. The van der Waals surface area contributed by atoms with Gasteiger partial charge < -0.3 is 14.7 Å². The molecule has 1 aromatic heterocycles. The lowest BCUT2D eigenvalue weighted by Gasteiger charge is -2.30. The minimum absolute atomic E-state index is 0.135. The van der Waals surface area contributed by atoms with E-state index in [1.165, 1.54) is 19.3 Å². The second-order valence-electron chi connectivity index (χ2n) is 7.79. The Morgan fingerprint density at radius 2 is 2.03 bits per heavy atom. The SMILES string of the molecule is COc1ccc(CC(=O)O)cc1-c1ccc(F)c2c1CN(C(=O)/C=C/c1cccnc1)CC2. The summed E-state index contributed by atoms with van der Waals surface area (Å²) in [4.78, 5) is 29.7. The summed E-state index contributed by atoms with van der Waals surface area (Å²) >= 11 is 0. The van der Waals surface area contributed by atoms with Crippen LogP contribution in [-0.4, -0.2) is 40.5 Å². The summed E-state index contributed by atoms with van der Waals surface area (Å²) in [7, 11) is 1.53. The van der Waals surface area contributed by atoms with Crippen LogP contribution in [0, 0.1) is 5.82 Å². The highest BCUT2D eigenvalue weighted by Gasteiger charge is 2.26. The maximum atomic E-state index is 14.7. The van der Waals surface area contributed by atoms with E-state index in [0.29, 0.717) is 41.0 Å². The van der Waals surface area contributed by atoms with Crippen LogP contribution in [-0.2, 0) is 29.0 Å². The van der Waals surface area contributed by atoms with Gasteiger partial charge in [0.2, 0.25) is 5.91 Å². The van der Waals surface area contributed by atoms with E-state index in [0.717, 1.165) is 11.1 Å². The van der Waals surface area contributed by atoms with Crippen molar-refractivity contribution >= 4 is 18.0 Å². The first-order chi connectivity index (χ1) is 16.0. The predicted molar refractivity (Wildman–Crippen MR) is 122 cm³/mol. The van der Waals surface area contributed by atoms with Gasteiger partial charge in [0, 0.05) is 37.1 Å². The molecule has 1 aliphatic rings. The highest BCUT2D eigenvalue weighted by atomic mass is 19.1. The fourth-order valence-corrected chi connectivity index (χ4v) is 4.07. The number of carboxylic acids is 1. The molecule has 6 nitrogen and oxygen atoms in total. The molecule has 2 aromatic carbocycles. The Kier molecular flexibility index (Phi) is 6.49. The Hall–Kier alpha value is -4.00. The Balaban J connectivity index is 1.69. The van der Waals surface area contributed by atoms with Gasteiger partial charge in [-0.1, -0.05) is 18.2 Å². The molecule has 168 valence electrons. The second kappa shape index (κ2) is 9.65. The number of carbonyl (C=O) groups is 2. The second-order valence-corrected chi connectivity index (χ2v) is 7.79. The van der Waals surface area contributed by atoms with Gasteiger partial charge in [0.15, 0.2) is 0 Å². The summed E-state index contributed by atoms with van der Waals surface area (Å²) in [6, 6.07) is 11.9. The van der Waals surface area contributed by atoms with E-state index < -0.39 is 5.97 Å². The molecule has 0 atom stereocenters. The topological polar surface area (TPSA) is 79.7 Å². The van der Waals surface area contributed by atoms with E-state index >= 15 is 0 Å². The molecular formula is C26H23FN2O4. The molecule has 0 saturated carbocycles. The number of nitrogens with zero attached hydrogens (tertiary/aromatic N) is 2. The van der Waals surface area contributed by atoms with Crippen molar-refractivity contribution in [1.82, 2.24) is 9.88 Å². The van der Waals surface area contributed by atoms with Crippen LogP contribution in [0.2, 0.25) is 0 Å². The number of pyridine rings is 1. The monoisotopic (exact) mass is 446 g/mol. The molecule has 1 aliphatic heterocycles. The van der Waals surface area contributed by atoms with Crippen molar-refractivity contribution in [2.24, 2.45) is 0 Å². The van der Waals surface area contributed by atoms with Gasteiger partial charge in [-0.3, -0.25) is 14.6 Å². The largest absolute Gasteiger partial charge is 0.496 e. The minimum Gasteiger partial charge on any atom is -0.496 e. The fourth-order valence-electron chi connectivity index (χ4n) is 4.07. The van der Waals surface area contributed by atoms with E-state index in [9.17, 15) is 19.1 Å². The van der Waals surface area contributed by atoms with Crippen LogP contribution in [0.25, 0.3) is 17.2 Å². The van der Waals surface area contributed by atoms with E-state index in [-0.39, 0.29) is 24.7 Å². The van der Waals surface area contributed by atoms with E-state index in [1.807, 2.05) is 6.07 Å². The van der Waals surface area contributed by atoms with Crippen LogP contribution in [0.5, 0.6) is 5.75 Å². The van der Waals surface area contributed by atoms with Crippen LogP contribution < -0.4 is 4.74 Å².